The van der Waals surface area contributed by atoms with E-state index < -0.39 is 36.1 Å². The number of aliphatic hydroxyl groups is 1. The van der Waals surface area contributed by atoms with Gasteiger partial charge in [0.05, 0.1) is 18.8 Å². The summed E-state index contributed by atoms with van der Waals surface area (Å²) >= 11 is 0. The SMILES string of the molecule is Cc1ccc(C)c(S(=O)(=O)N(CCO)CC(F)F)c1N. The Kier molecular flexibility index (Phi) is 5.43. The van der Waals surface area contributed by atoms with E-state index in [9.17, 15) is 17.2 Å². The highest BCUT2D eigenvalue weighted by Crippen LogP contribution is 2.29. The summed E-state index contributed by atoms with van der Waals surface area (Å²) in [6, 6.07) is 3.23. The first kappa shape index (κ1) is 16.8. The molecular weight excluding hydrogens is 290 g/mol. The minimum Gasteiger partial charge on any atom is -0.397 e. The molecule has 0 heterocycles. The van der Waals surface area contributed by atoms with Crippen molar-refractivity contribution in [1.82, 2.24) is 4.31 Å². The zero-order chi connectivity index (χ0) is 15.5. The second kappa shape index (κ2) is 6.47. The van der Waals surface area contributed by atoms with E-state index in [0.717, 1.165) is 0 Å². The molecule has 3 N–H and O–H groups in total. The molecule has 0 atom stereocenters. The van der Waals surface area contributed by atoms with Gasteiger partial charge in [0.25, 0.3) is 6.43 Å². The lowest BCUT2D eigenvalue weighted by atomic mass is 10.1. The van der Waals surface area contributed by atoms with Crippen molar-refractivity contribution in [3.05, 3.63) is 23.3 Å². The Morgan fingerprint density at radius 3 is 2.35 bits per heavy atom. The van der Waals surface area contributed by atoms with Gasteiger partial charge < -0.3 is 10.8 Å². The van der Waals surface area contributed by atoms with Crippen LogP contribution in [0.4, 0.5) is 14.5 Å². The van der Waals surface area contributed by atoms with E-state index in [1.807, 2.05) is 0 Å². The number of nitrogens with two attached hydrogens (primary N) is 1. The number of hydrogen-bond donors (Lipinski definition) is 2. The van der Waals surface area contributed by atoms with Crippen LogP contribution in [0.15, 0.2) is 17.0 Å². The maximum Gasteiger partial charge on any atom is 0.252 e. The number of halogens is 2. The van der Waals surface area contributed by atoms with Gasteiger partial charge in [-0.1, -0.05) is 12.1 Å². The molecule has 8 heteroatoms. The first-order valence-corrected chi connectivity index (χ1v) is 7.40. The molecule has 0 fully saturated rings. The van der Waals surface area contributed by atoms with Crippen LogP contribution in [0.3, 0.4) is 0 Å². The molecule has 1 rings (SSSR count). The van der Waals surface area contributed by atoms with Gasteiger partial charge in [-0.15, -0.1) is 0 Å². The second-order valence-electron chi connectivity index (χ2n) is 4.42. The Bertz CT molecular complexity index is 576. The van der Waals surface area contributed by atoms with Crippen molar-refractivity contribution in [2.24, 2.45) is 0 Å². The molecule has 20 heavy (non-hydrogen) atoms. The monoisotopic (exact) mass is 308 g/mol. The zero-order valence-corrected chi connectivity index (χ0v) is 12.1. The molecule has 0 amide bonds. The Balaban J connectivity index is 3.37. The maximum atomic E-state index is 12.5. The molecule has 0 spiro atoms. The predicted octanol–water partition coefficient (Wildman–Crippen LogP) is 1.13. The minimum absolute atomic E-state index is 0.0437. The summed E-state index contributed by atoms with van der Waals surface area (Å²) in [7, 11) is -4.17. The minimum atomic E-state index is -4.17. The third kappa shape index (κ3) is 3.44. The van der Waals surface area contributed by atoms with Gasteiger partial charge in [-0.05, 0) is 25.0 Å². The number of hydrogen-bond acceptors (Lipinski definition) is 4. The zero-order valence-electron chi connectivity index (χ0n) is 11.3. The number of anilines is 1. The summed E-state index contributed by atoms with van der Waals surface area (Å²) in [6.07, 6.45) is -2.83. The van der Waals surface area contributed by atoms with Crippen LogP contribution in [-0.4, -0.2) is 44.0 Å². The number of alkyl halides is 2. The molecule has 1 aromatic carbocycles. The van der Waals surface area contributed by atoms with Crippen LogP contribution in [0.2, 0.25) is 0 Å². The molecule has 114 valence electrons. The average Bonchev–Trinajstić information content (AvgIpc) is 2.33. The molecule has 0 radical (unpaired) electrons. The van der Waals surface area contributed by atoms with Crippen molar-refractivity contribution in [2.75, 3.05) is 25.4 Å². The maximum absolute atomic E-state index is 12.5. The molecule has 0 unspecified atom stereocenters. The molecular formula is C12H18F2N2O3S. The van der Waals surface area contributed by atoms with E-state index in [4.69, 9.17) is 10.8 Å². The van der Waals surface area contributed by atoms with Crippen molar-refractivity contribution in [3.8, 4) is 0 Å². The first-order valence-electron chi connectivity index (χ1n) is 5.96. The van der Waals surface area contributed by atoms with Gasteiger partial charge in [0, 0.05) is 6.54 Å². The van der Waals surface area contributed by atoms with Crippen LogP contribution in [-0.2, 0) is 10.0 Å². The standard InChI is InChI=1S/C12H18F2N2O3S/c1-8-3-4-9(2)12(11(8)15)20(18,19)16(5-6-17)7-10(13)14/h3-4,10,17H,5-7,15H2,1-2H3. The number of sulfonamides is 1. The van der Waals surface area contributed by atoms with E-state index in [1.54, 1.807) is 26.0 Å². The largest absolute Gasteiger partial charge is 0.397 e. The molecule has 0 aliphatic rings. The molecule has 0 aromatic heterocycles. The summed E-state index contributed by atoms with van der Waals surface area (Å²) in [5.41, 5.74) is 6.75. The first-order chi connectivity index (χ1) is 9.21. The number of aryl methyl sites for hydroxylation is 2. The van der Waals surface area contributed by atoms with Gasteiger partial charge in [-0.3, -0.25) is 0 Å². The Labute approximate surface area is 117 Å². The van der Waals surface area contributed by atoms with Crippen LogP contribution >= 0.6 is 0 Å². The van der Waals surface area contributed by atoms with Crippen molar-refractivity contribution in [3.63, 3.8) is 0 Å². The third-order valence-corrected chi connectivity index (χ3v) is 4.97. The Morgan fingerprint density at radius 2 is 1.85 bits per heavy atom. The van der Waals surface area contributed by atoms with Crippen molar-refractivity contribution < 1.29 is 22.3 Å². The molecule has 0 aliphatic carbocycles. The Morgan fingerprint density at radius 1 is 1.30 bits per heavy atom. The van der Waals surface area contributed by atoms with E-state index in [1.165, 1.54) is 0 Å². The summed E-state index contributed by atoms with van der Waals surface area (Å²) in [5.74, 6) is 0. The van der Waals surface area contributed by atoms with Gasteiger partial charge in [-0.2, -0.15) is 4.31 Å². The van der Waals surface area contributed by atoms with Gasteiger partial charge in [0.15, 0.2) is 0 Å². The van der Waals surface area contributed by atoms with E-state index in [-0.39, 0.29) is 10.6 Å². The summed E-state index contributed by atoms with van der Waals surface area (Å²) in [5, 5.41) is 8.87. The molecule has 1 aromatic rings. The Hall–Kier alpha value is -1.25. The summed E-state index contributed by atoms with van der Waals surface area (Å²) < 4.78 is 50.5. The van der Waals surface area contributed by atoms with Crippen LogP contribution < -0.4 is 5.73 Å². The lowest BCUT2D eigenvalue weighted by Crippen LogP contribution is -2.38. The fourth-order valence-electron chi connectivity index (χ4n) is 1.85. The molecule has 0 saturated carbocycles. The smallest absolute Gasteiger partial charge is 0.252 e. The van der Waals surface area contributed by atoms with E-state index in [0.29, 0.717) is 15.4 Å². The summed E-state index contributed by atoms with van der Waals surface area (Å²) in [6.45, 7) is 1.26. The van der Waals surface area contributed by atoms with E-state index >= 15 is 0 Å². The molecule has 0 bridgehead atoms. The number of benzene rings is 1. The van der Waals surface area contributed by atoms with Gasteiger partial charge in [0.2, 0.25) is 10.0 Å². The molecule has 0 aliphatic heterocycles. The highest BCUT2D eigenvalue weighted by Gasteiger charge is 2.30. The average molecular weight is 308 g/mol. The fraction of sp³-hybridized carbons (Fsp3) is 0.500. The van der Waals surface area contributed by atoms with Gasteiger partial charge in [-0.25, -0.2) is 17.2 Å². The normalized spacial score (nSPS) is 12.3. The topological polar surface area (TPSA) is 83.6 Å². The molecule has 5 nitrogen and oxygen atoms in total. The fourth-order valence-corrected chi connectivity index (χ4v) is 3.66. The van der Waals surface area contributed by atoms with Crippen LogP contribution in [0.5, 0.6) is 0 Å². The van der Waals surface area contributed by atoms with Crippen molar-refractivity contribution in [2.45, 2.75) is 25.2 Å². The van der Waals surface area contributed by atoms with Crippen LogP contribution in [0.1, 0.15) is 11.1 Å². The van der Waals surface area contributed by atoms with Gasteiger partial charge in [0.1, 0.15) is 4.90 Å². The highest BCUT2D eigenvalue weighted by molar-refractivity contribution is 7.89. The highest BCUT2D eigenvalue weighted by atomic mass is 32.2. The van der Waals surface area contributed by atoms with Gasteiger partial charge >= 0.3 is 0 Å². The van der Waals surface area contributed by atoms with Crippen molar-refractivity contribution in [1.29, 1.82) is 0 Å². The quantitative estimate of drug-likeness (QED) is 0.772. The number of aliphatic hydroxyl groups excluding tert-OH is 1. The van der Waals surface area contributed by atoms with Crippen molar-refractivity contribution >= 4 is 15.7 Å². The lowest BCUT2D eigenvalue weighted by Gasteiger charge is -2.23. The van der Waals surface area contributed by atoms with E-state index in [2.05, 4.69) is 0 Å². The molecule has 0 saturated heterocycles. The predicted molar refractivity (Wildman–Crippen MR) is 72.2 cm³/mol. The lowest BCUT2D eigenvalue weighted by molar-refractivity contribution is 0.113. The number of rotatable bonds is 6. The number of nitrogen functional groups attached to an aromatic ring is 1. The van der Waals surface area contributed by atoms with Crippen LogP contribution in [0, 0.1) is 13.8 Å². The second-order valence-corrected chi connectivity index (χ2v) is 6.29. The third-order valence-electron chi connectivity index (χ3n) is 2.90. The summed E-state index contributed by atoms with van der Waals surface area (Å²) in [4.78, 5) is -0.174. The number of nitrogens with zero attached hydrogens (tertiary/aromatic N) is 1. The van der Waals surface area contributed by atoms with Crippen LogP contribution in [0.25, 0.3) is 0 Å².